The monoisotopic (exact) mass is 353 g/mol. The number of nitrogens with zero attached hydrogens (tertiary/aromatic N) is 1. The molecule has 1 fully saturated rings. The normalized spacial score (nSPS) is 19.9. The number of carbonyl (C=O) groups excluding carboxylic acids is 2. The third kappa shape index (κ3) is 5.70. The topological polar surface area (TPSA) is 80.3 Å². The van der Waals surface area contributed by atoms with Gasteiger partial charge in [0.05, 0.1) is 18.5 Å². The first-order valence-corrected chi connectivity index (χ1v) is 6.87. The molecule has 0 radical (unpaired) electrons. The molecule has 1 aliphatic heterocycles. The van der Waals surface area contributed by atoms with E-state index in [1.165, 1.54) is 7.11 Å². The highest BCUT2D eigenvalue weighted by Gasteiger charge is 2.30. The van der Waals surface area contributed by atoms with Gasteiger partial charge in [-0.2, -0.15) is 0 Å². The average molecular weight is 354 g/mol. The lowest BCUT2D eigenvalue weighted by Gasteiger charge is -2.13. The number of aromatic nitrogens is 1. The molecule has 1 aliphatic rings. The summed E-state index contributed by atoms with van der Waals surface area (Å²) < 4.78 is 4.47. The molecule has 2 heterocycles. The van der Waals surface area contributed by atoms with Gasteiger partial charge in [-0.25, -0.2) is 0 Å². The molecule has 0 aliphatic carbocycles. The van der Waals surface area contributed by atoms with Crippen LogP contribution in [0, 0.1) is 0 Å². The number of nitrogens with one attached hydrogen (secondary N) is 2. The van der Waals surface area contributed by atoms with Gasteiger partial charge in [-0.3, -0.25) is 19.9 Å². The second-order valence-corrected chi connectivity index (χ2v) is 5.15. The predicted octanol–water partition coefficient (Wildman–Crippen LogP) is 0.918. The van der Waals surface area contributed by atoms with Crippen LogP contribution in [0.5, 0.6) is 0 Å². The molecular weight excluding hydrogens is 337 g/mol. The van der Waals surface area contributed by atoms with E-state index in [4.69, 9.17) is 0 Å². The Morgan fingerprint density at radius 1 is 1.52 bits per heavy atom. The fourth-order valence-electron chi connectivity index (χ4n) is 1.70. The number of halogens is 2. The van der Waals surface area contributed by atoms with Gasteiger partial charge in [0.1, 0.15) is 6.54 Å². The molecule has 21 heavy (non-hydrogen) atoms. The quantitative estimate of drug-likeness (QED) is 0.783. The fraction of sp³-hybridized carbons (Fsp3) is 0.417. The van der Waals surface area contributed by atoms with E-state index in [-0.39, 0.29) is 48.7 Å². The summed E-state index contributed by atoms with van der Waals surface area (Å²) in [7, 11) is 1.29. The van der Waals surface area contributed by atoms with E-state index in [9.17, 15) is 9.59 Å². The second kappa shape index (κ2) is 9.83. The van der Waals surface area contributed by atoms with Crippen LogP contribution in [0.4, 0.5) is 0 Å². The minimum absolute atomic E-state index is 0. The Labute approximate surface area is 139 Å². The van der Waals surface area contributed by atoms with Crippen molar-refractivity contribution in [1.29, 1.82) is 0 Å². The maximum atomic E-state index is 11.8. The summed E-state index contributed by atoms with van der Waals surface area (Å²) in [5.74, 6) is 0.0131. The zero-order valence-corrected chi connectivity index (χ0v) is 13.7. The molecule has 1 saturated heterocycles. The summed E-state index contributed by atoms with van der Waals surface area (Å²) in [5.41, 5.74) is 1.04. The van der Waals surface area contributed by atoms with Crippen LogP contribution in [0.1, 0.15) is 10.9 Å². The second-order valence-electron chi connectivity index (χ2n) is 4.01. The van der Waals surface area contributed by atoms with E-state index in [1.54, 1.807) is 24.2 Å². The van der Waals surface area contributed by atoms with Gasteiger partial charge in [-0.05, 0) is 11.6 Å². The summed E-state index contributed by atoms with van der Waals surface area (Å²) in [5, 5.41) is 5.81. The molecule has 1 amide bonds. The van der Waals surface area contributed by atoms with Gasteiger partial charge in [0.25, 0.3) is 0 Å². The van der Waals surface area contributed by atoms with Crippen LogP contribution in [-0.4, -0.2) is 42.3 Å². The fourth-order valence-corrected chi connectivity index (χ4v) is 2.93. The van der Waals surface area contributed by atoms with Gasteiger partial charge in [-0.15, -0.1) is 36.6 Å². The number of rotatable bonds is 4. The van der Waals surface area contributed by atoms with Gasteiger partial charge >= 0.3 is 5.97 Å². The van der Waals surface area contributed by atoms with Crippen LogP contribution in [0.15, 0.2) is 24.5 Å². The van der Waals surface area contributed by atoms with Crippen molar-refractivity contribution in [1.82, 2.24) is 15.6 Å². The third-order valence-corrected chi connectivity index (χ3v) is 3.99. The SMILES string of the molecule is COC(=O)CNC(=O)C1CSC(c2cccnc2)N1.Cl.Cl. The van der Waals surface area contributed by atoms with E-state index in [0.717, 1.165) is 5.56 Å². The van der Waals surface area contributed by atoms with Crippen molar-refractivity contribution in [3.63, 3.8) is 0 Å². The summed E-state index contributed by atoms with van der Waals surface area (Å²) in [6.45, 7) is -0.101. The summed E-state index contributed by atoms with van der Waals surface area (Å²) in [4.78, 5) is 26.8. The molecule has 2 unspecified atom stereocenters. The molecule has 1 aromatic rings. The van der Waals surface area contributed by atoms with Gasteiger partial charge in [-0.1, -0.05) is 6.07 Å². The van der Waals surface area contributed by atoms with Gasteiger partial charge in [0, 0.05) is 18.1 Å². The number of carbonyl (C=O) groups is 2. The van der Waals surface area contributed by atoms with Gasteiger partial charge in [0.15, 0.2) is 0 Å². The van der Waals surface area contributed by atoms with Crippen LogP contribution < -0.4 is 10.6 Å². The molecule has 2 N–H and O–H groups in total. The zero-order chi connectivity index (χ0) is 13.7. The Hall–Kier alpha value is -1.02. The predicted molar refractivity (Wildman–Crippen MR) is 85.9 cm³/mol. The van der Waals surface area contributed by atoms with Gasteiger partial charge in [0.2, 0.25) is 5.91 Å². The Kier molecular flexibility index (Phi) is 9.36. The van der Waals surface area contributed by atoms with Crippen molar-refractivity contribution in [2.45, 2.75) is 11.4 Å². The molecule has 0 spiro atoms. The molecule has 118 valence electrons. The van der Waals surface area contributed by atoms with Crippen molar-refractivity contribution < 1.29 is 14.3 Å². The van der Waals surface area contributed by atoms with Crippen LogP contribution in [0.25, 0.3) is 0 Å². The van der Waals surface area contributed by atoms with Crippen molar-refractivity contribution >= 4 is 48.5 Å². The average Bonchev–Trinajstić information content (AvgIpc) is 2.95. The smallest absolute Gasteiger partial charge is 0.325 e. The number of ether oxygens (including phenoxy) is 1. The first-order chi connectivity index (χ1) is 9.20. The first kappa shape index (κ1) is 20.0. The number of thioether (sulfide) groups is 1. The number of hydrogen-bond acceptors (Lipinski definition) is 6. The molecular formula is C12H17Cl2N3O3S. The minimum atomic E-state index is -0.456. The standard InChI is InChI=1S/C12H15N3O3S.2ClH/c1-18-10(16)6-14-11(17)9-7-19-12(15-9)8-3-2-4-13-5-8;;/h2-5,9,12,15H,6-7H2,1H3,(H,14,17);2*1H. The molecule has 0 aromatic carbocycles. The lowest BCUT2D eigenvalue weighted by molar-refractivity contribution is -0.141. The highest BCUT2D eigenvalue weighted by molar-refractivity contribution is 7.99. The molecule has 0 saturated carbocycles. The van der Waals surface area contributed by atoms with Crippen molar-refractivity contribution in [3.8, 4) is 0 Å². The Morgan fingerprint density at radius 3 is 2.90 bits per heavy atom. The van der Waals surface area contributed by atoms with Crippen molar-refractivity contribution in [2.75, 3.05) is 19.4 Å². The summed E-state index contributed by atoms with van der Waals surface area (Å²) >= 11 is 1.64. The molecule has 6 nitrogen and oxygen atoms in total. The largest absolute Gasteiger partial charge is 0.468 e. The maximum Gasteiger partial charge on any atom is 0.325 e. The van der Waals surface area contributed by atoms with E-state index in [1.807, 2.05) is 12.1 Å². The summed E-state index contributed by atoms with van der Waals surface area (Å²) in [6, 6.07) is 3.52. The van der Waals surface area contributed by atoms with E-state index >= 15 is 0 Å². The molecule has 9 heteroatoms. The zero-order valence-electron chi connectivity index (χ0n) is 11.3. The van der Waals surface area contributed by atoms with Crippen LogP contribution in [0.3, 0.4) is 0 Å². The Bertz CT molecular complexity index is 464. The van der Waals surface area contributed by atoms with Crippen LogP contribution in [-0.2, 0) is 14.3 Å². The van der Waals surface area contributed by atoms with Crippen molar-refractivity contribution in [2.24, 2.45) is 0 Å². The highest BCUT2D eigenvalue weighted by Crippen LogP contribution is 2.32. The molecule has 0 bridgehead atoms. The first-order valence-electron chi connectivity index (χ1n) is 5.83. The number of methoxy groups -OCH3 is 1. The van der Waals surface area contributed by atoms with E-state index in [2.05, 4.69) is 20.4 Å². The number of pyridine rings is 1. The molecule has 1 aromatic heterocycles. The molecule has 2 atom stereocenters. The lowest BCUT2D eigenvalue weighted by atomic mass is 10.2. The minimum Gasteiger partial charge on any atom is -0.468 e. The number of hydrogen-bond donors (Lipinski definition) is 2. The summed E-state index contributed by atoms with van der Waals surface area (Å²) in [6.07, 6.45) is 3.49. The van der Waals surface area contributed by atoms with Crippen molar-refractivity contribution in [3.05, 3.63) is 30.1 Å². The lowest BCUT2D eigenvalue weighted by Crippen LogP contribution is -2.44. The number of esters is 1. The van der Waals surface area contributed by atoms with Crippen LogP contribution >= 0.6 is 36.6 Å². The maximum absolute atomic E-state index is 11.8. The Balaban J connectivity index is 0.00000200. The molecule has 2 rings (SSSR count). The van der Waals surface area contributed by atoms with Gasteiger partial charge < -0.3 is 10.1 Å². The van der Waals surface area contributed by atoms with E-state index < -0.39 is 5.97 Å². The number of amides is 1. The van der Waals surface area contributed by atoms with E-state index in [0.29, 0.717) is 5.75 Å². The van der Waals surface area contributed by atoms with Crippen LogP contribution in [0.2, 0.25) is 0 Å². The Morgan fingerprint density at radius 2 is 2.29 bits per heavy atom. The third-order valence-electron chi connectivity index (χ3n) is 2.72. The highest BCUT2D eigenvalue weighted by atomic mass is 35.5.